The first kappa shape index (κ1) is 24.2. The van der Waals surface area contributed by atoms with Crippen molar-refractivity contribution >= 4 is 27.7 Å². The maximum Gasteiger partial charge on any atom is 0.251 e. The summed E-state index contributed by atoms with van der Waals surface area (Å²) in [5.41, 5.74) is 0.351. The van der Waals surface area contributed by atoms with E-state index in [-0.39, 0.29) is 41.6 Å². The zero-order chi connectivity index (χ0) is 23.1. The van der Waals surface area contributed by atoms with Crippen LogP contribution >= 0.6 is 0 Å². The van der Waals surface area contributed by atoms with Crippen LogP contribution in [0.1, 0.15) is 49.4 Å². The topological polar surface area (TPSA) is 116 Å². The van der Waals surface area contributed by atoms with Gasteiger partial charge in [0.15, 0.2) is 0 Å². The number of benzene rings is 1. The van der Waals surface area contributed by atoms with Crippen molar-refractivity contribution in [1.82, 2.24) is 19.8 Å². The highest BCUT2D eigenvalue weighted by atomic mass is 32.2. The number of piperazine rings is 1. The minimum atomic E-state index is -3.68. The molecule has 0 aromatic heterocycles. The van der Waals surface area contributed by atoms with Crippen LogP contribution in [0.15, 0.2) is 29.2 Å². The summed E-state index contributed by atoms with van der Waals surface area (Å²) < 4.78 is 27.0. The molecule has 9 nitrogen and oxygen atoms in total. The van der Waals surface area contributed by atoms with Gasteiger partial charge in [0.2, 0.25) is 21.8 Å². The SMILES string of the molecule is CC(=O)N1CCN(S(=O)(=O)c2ccc(C(=O)NCCNC(=O)C3CCCCC3)cc2)CC1. The third kappa shape index (κ3) is 6.07. The van der Waals surface area contributed by atoms with Crippen LogP contribution in [0.3, 0.4) is 0 Å². The number of nitrogens with zero attached hydrogens (tertiary/aromatic N) is 2. The molecule has 1 heterocycles. The second-order valence-electron chi connectivity index (χ2n) is 8.32. The van der Waals surface area contributed by atoms with Crippen molar-refractivity contribution < 1.29 is 22.8 Å². The lowest BCUT2D eigenvalue weighted by atomic mass is 9.89. The van der Waals surface area contributed by atoms with Crippen LogP contribution in [0, 0.1) is 5.92 Å². The molecule has 32 heavy (non-hydrogen) atoms. The minimum Gasteiger partial charge on any atom is -0.354 e. The summed E-state index contributed by atoms with van der Waals surface area (Å²) in [6, 6.07) is 5.81. The Hall–Kier alpha value is -2.46. The number of sulfonamides is 1. The highest BCUT2D eigenvalue weighted by Crippen LogP contribution is 2.23. The van der Waals surface area contributed by atoms with E-state index in [1.54, 1.807) is 4.90 Å². The highest BCUT2D eigenvalue weighted by molar-refractivity contribution is 7.89. The molecule has 1 aliphatic heterocycles. The monoisotopic (exact) mass is 464 g/mol. The van der Waals surface area contributed by atoms with E-state index in [0.717, 1.165) is 25.7 Å². The maximum atomic E-state index is 12.8. The van der Waals surface area contributed by atoms with Crippen molar-refractivity contribution in [3.63, 3.8) is 0 Å². The smallest absolute Gasteiger partial charge is 0.251 e. The lowest BCUT2D eigenvalue weighted by Gasteiger charge is -2.33. The van der Waals surface area contributed by atoms with E-state index in [1.807, 2.05) is 0 Å². The van der Waals surface area contributed by atoms with Gasteiger partial charge in [0.25, 0.3) is 5.91 Å². The summed E-state index contributed by atoms with van der Waals surface area (Å²) in [5, 5.41) is 5.61. The predicted molar refractivity (Wildman–Crippen MR) is 119 cm³/mol. The van der Waals surface area contributed by atoms with Crippen LogP contribution in [0.4, 0.5) is 0 Å². The first-order chi connectivity index (χ1) is 15.3. The molecule has 1 saturated heterocycles. The quantitative estimate of drug-likeness (QED) is 0.584. The minimum absolute atomic E-state index is 0.0534. The standard InChI is InChI=1S/C22H32N4O5S/c1-17(27)25-13-15-26(16-14-25)32(30,31)20-9-7-19(8-10-20)22(29)24-12-11-23-21(28)18-5-3-2-4-6-18/h7-10,18H,2-6,11-16H2,1H3,(H,23,28)(H,24,29). The number of amides is 3. The molecule has 0 spiro atoms. The molecular weight excluding hydrogens is 432 g/mol. The van der Waals surface area contributed by atoms with E-state index in [9.17, 15) is 22.8 Å². The Morgan fingerprint density at radius 3 is 2.09 bits per heavy atom. The molecule has 10 heteroatoms. The van der Waals surface area contributed by atoms with Gasteiger partial charge in [-0.1, -0.05) is 19.3 Å². The van der Waals surface area contributed by atoms with Crippen molar-refractivity contribution in [2.75, 3.05) is 39.3 Å². The summed E-state index contributed by atoms with van der Waals surface area (Å²) in [6.45, 7) is 3.36. The van der Waals surface area contributed by atoms with Crippen molar-refractivity contribution in [2.24, 2.45) is 5.92 Å². The van der Waals surface area contributed by atoms with Crippen LogP contribution < -0.4 is 10.6 Å². The molecule has 0 radical (unpaired) electrons. The van der Waals surface area contributed by atoms with Gasteiger partial charge in [0.05, 0.1) is 4.90 Å². The molecule has 2 aliphatic rings. The Bertz CT molecular complexity index is 918. The molecule has 1 aromatic rings. The van der Waals surface area contributed by atoms with Crippen LogP contribution in [0.25, 0.3) is 0 Å². The van der Waals surface area contributed by atoms with E-state index < -0.39 is 10.0 Å². The number of rotatable bonds is 7. The maximum absolute atomic E-state index is 12.8. The Balaban J connectivity index is 1.46. The first-order valence-corrected chi connectivity index (χ1v) is 12.6. The van der Waals surface area contributed by atoms with Gasteiger partial charge < -0.3 is 15.5 Å². The Morgan fingerprint density at radius 1 is 0.906 bits per heavy atom. The molecule has 1 saturated carbocycles. The third-order valence-corrected chi connectivity index (χ3v) is 8.04. The Kier molecular flexibility index (Phi) is 8.25. The Morgan fingerprint density at radius 2 is 1.50 bits per heavy atom. The molecule has 176 valence electrons. The van der Waals surface area contributed by atoms with Gasteiger partial charge >= 0.3 is 0 Å². The lowest BCUT2D eigenvalue weighted by molar-refractivity contribution is -0.130. The van der Waals surface area contributed by atoms with Gasteiger partial charge in [-0.05, 0) is 37.1 Å². The largest absolute Gasteiger partial charge is 0.354 e. The molecule has 3 amide bonds. The predicted octanol–water partition coefficient (Wildman–Crippen LogP) is 0.966. The second kappa shape index (κ2) is 10.9. The van der Waals surface area contributed by atoms with Gasteiger partial charge in [-0.3, -0.25) is 14.4 Å². The van der Waals surface area contributed by atoms with Crippen molar-refractivity contribution in [3.8, 4) is 0 Å². The van der Waals surface area contributed by atoms with Crippen molar-refractivity contribution in [3.05, 3.63) is 29.8 Å². The average Bonchev–Trinajstić information content (AvgIpc) is 2.82. The van der Waals surface area contributed by atoms with Crippen molar-refractivity contribution in [1.29, 1.82) is 0 Å². The number of hydrogen-bond donors (Lipinski definition) is 2. The van der Waals surface area contributed by atoms with E-state index >= 15 is 0 Å². The average molecular weight is 465 g/mol. The fourth-order valence-corrected chi connectivity index (χ4v) is 5.57. The Labute approximate surface area is 189 Å². The fraction of sp³-hybridized carbons (Fsp3) is 0.591. The highest BCUT2D eigenvalue weighted by Gasteiger charge is 2.29. The first-order valence-electron chi connectivity index (χ1n) is 11.2. The molecule has 2 fully saturated rings. The van der Waals surface area contributed by atoms with Gasteiger partial charge in [-0.2, -0.15) is 4.31 Å². The van der Waals surface area contributed by atoms with E-state index in [2.05, 4.69) is 10.6 Å². The summed E-state index contributed by atoms with van der Waals surface area (Å²) in [7, 11) is -3.68. The number of carbonyl (C=O) groups excluding carboxylic acids is 3. The summed E-state index contributed by atoms with van der Waals surface area (Å²) in [6.07, 6.45) is 5.24. The number of hydrogen-bond acceptors (Lipinski definition) is 5. The summed E-state index contributed by atoms with van der Waals surface area (Å²) in [4.78, 5) is 37.6. The van der Waals surface area contributed by atoms with E-state index in [0.29, 0.717) is 31.7 Å². The van der Waals surface area contributed by atoms with Crippen LogP contribution in [-0.4, -0.2) is 74.6 Å². The molecule has 1 aliphatic carbocycles. The summed E-state index contributed by atoms with van der Waals surface area (Å²) >= 11 is 0. The second-order valence-corrected chi connectivity index (χ2v) is 10.3. The van der Waals surface area contributed by atoms with Gasteiger partial charge in [-0.25, -0.2) is 8.42 Å². The normalized spacial score (nSPS) is 18.2. The van der Waals surface area contributed by atoms with Gasteiger partial charge in [-0.15, -0.1) is 0 Å². The molecular formula is C22H32N4O5S. The molecule has 0 bridgehead atoms. The molecule has 2 N–H and O–H groups in total. The lowest BCUT2D eigenvalue weighted by Crippen LogP contribution is -2.49. The van der Waals surface area contributed by atoms with Crippen LogP contribution in [0.2, 0.25) is 0 Å². The fourth-order valence-electron chi connectivity index (χ4n) is 4.14. The molecule has 0 unspecified atom stereocenters. The van der Waals surface area contributed by atoms with Crippen molar-refractivity contribution in [2.45, 2.75) is 43.9 Å². The third-order valence-electron chi connectivity index (χ3n) is 6.12. The summed E-state index contributed by atoms with van der Waals surface area (Å²) in [5.74, 6) is -0.251. The molecule has 1 aromatic carbocycles. The number of carbonyl (C=O) groups is 3. The molecule has 3 rings (SSSR count). The van der Waals surface area contributed by atoms with E-state index in [1.165, 1.54) is 41.9 Å². The zero-order valence-corrected chi connectivity index (χ0v) is 19.3. The van der Waals surface area contributed by atoms with E-state index in [4.69, 9.17) is 0 Å². The van der Waals surface area contributed by atoms with Crippen LogP contribution in [0.5, 0.6) is 0 Å². The zero-order valence-electron chi connectivity index (χ0n) is 18.5. The number of nitrogens with one attached hydrogen (secondary N) is 2. The van der Waals surface area contributed by atoms with Crippen LogP contribution in [-0.2, 0) is 19.6 Å². The van der Waals surface area contributed by atoms with Gasteiger partial charge in [0, 0.05) is 57.7 Å². The molecule has 0 atom stereocenters. The van der Waals surface area contributed by atoms with Gasteiger partial charge in [0.1, 0.15) is 0 Å².